The number of hydrogen-bond acceptors (Lipinski definition) is 2. The van der Waals surface area contributed by atoms with Crippen LogP contribution >= 0.6 is 24.0 Å². The number of halogens is 1. The Balaban J connectivity index is 0.00000312. The molecule has 25 heavy (non-hydrogen) atoms. The highest BCUT2D eigenvalue weighted by Gasteiger charge is 2.26. The second-order valence-corrected chi connectivity index (χ2v) is 7.40. The number of hydrogen-bond donors (Lipinski definition) is 2. The van der Waals surface area contributed by atoms with Gasteiger partial charge < -0.3 is 15.5 Å². The van der Waals surface area contributed by atoms with E-state index in [2.05, 4.69) is 36.3 Å². The van der Waals surface area contributed by atoms with Crippen molar-refractivity contribution in [2.24, 2.45) is 10.9 Å². The topological polar surface area (TPSA) is 56.7 Å². The first kappa shape index (κ1) is 22.5. The van der Waals surface area contributed by atoms with E-state index in [1.807, 2.05) is 0 Å². The molecule has 0 bridgehead atoms. The van der Waals surface area contributed by atoms with E-state index in [9.17, 15) is 4.79 Å². The number of nitrogens with one attached hydrogen (secondary N) is 2. The van der Waals surface area contributed by atoms with E-state index < -0.39 is 0 Å². The molecule has 0 aromatic rings. The Hall–Kier alpha value is -0.530. The summed E-state index contributed by atoms with van der Waals surface area (Å²) < 4.78 is 0. The van der Waals surface area contributed by atoms with Crippen LogP contribution in [0, 0.1) is 5.92 Å². The molecule has 0 radical (unpaired) electrons. The fourth-order valence-corrected chi connectivity index (χ4v) is 3.88. The first-order chi connectivity index (χ1) is 11.6. The van der Waals surface area contributed by atoms with Crippen LogP contribution in [0.3, 0.4) is 0 Å². The van der Waals surface area contributed by atoms with Crippen molar-refractivity contribution < 1.29 is 4.79 Å². The summed E-state index contributed by atoms with van der Waals surface area (Å²) in [4.78, 5) is 18.8. The van der Waals surface area contributed by atoms with Crippen molar-refractivity contribution in [1.82, 2.24) is 15.5 Å². The summed E-state index contributed by atoms with van der Waals surface area (Å²) in [7, 11) is 0. The molecule has 1 atom stereocenters. The normalized spacial score (nSPS) is 25.5. The lowest BCUT2D eigenvalue weighted by Gasteiger charge is -2.29. The van der Waals surface area contributed by atoms with E-state index in [0.717, 1.165) is 57.2 Å². The lowest BCUT2D eigenvalue weighted by molar-refractivity contribution is -0.129. The number of aliphatic imine (C=N–C) groups is 1. The van der Waals surface area contributed by atoms with Gasteiger partial charge in [0, 0.05) is 38.1 Å². The Kier molecular flexibility index (Phi) is 10.8. The number of amides is 1. The molecule has 146 valence electrons. The van der Waals surface area contributed by atoms with E-state index in [-0.39, 0.29) is 24.0 Å². The molecule has 2 aliphatic rings. The van der Waals surface area contributed by atoms with Gasteiger partial charge in [0.2, 0.25) is 5.91 Å². The lowest BCUT2D eigenvalue weighted by Crippen LogP contribution is -2.45. The fraction of sp³-hybridized carbons (Fsp3) is 0.895. The Bertz CT molecular complexity index is 422. The minimum absolute atomic E-state index is 0. The number of carbonyl (C=O) groups excluding carboxylic acids is 1. The van der Waals surface area contributed by atoms with Crippen LogP contribution in [0.1, 0.15) is 72.1 Å². The van der Waals surface area contributed by atoms with E-state index in [0.29, 0.717) is 18.0 Å². The third-order valence-corrected chi connectivity index (χ3v) is 5.46. The van der Waals surface area contributed by atoms with E-state index in [1.165, 1.54) is 25.7 Å². The van der Waals surface area contributed by atoms with Crippen molar-refractivity contribution in [1.29, 1.82) is 0 Å². The van der Waals surface area contributed by atoms with Gasteiger partial charge in [-0.25, -0.2) is 0 Å². The van der Waals surface area contributed by atoms with E-state index in [4.69, 9.17) is 4.99 Å². The molecule has 0 spiro atoms. The summed E-state index contributed by atoms with van der Waals surface area (Å²) in [6, 6.07) is 0.906. The maximum atomic E-state index is 11.9. The predicted molar refractivity (Wildman–Crippen MR) is 116 cm³/mol. The van der Waals surface area contributed by atoms with Gasteiger partial charge in [-0.15, -0.1) is 24.0 Å². The number of rotatable bonds is 7. The van der Waals surface area contributed by atoms with Gasteiger partial charge in [0.15, 0.2) is 5.96 Å². The van der Waals surface area contributed by atoms with Gasteiger partial charge in [-0.1, -0.05) is 13.8 Å². The van der Waals surface area contributed by atoms with Crippen LogP contribution in [0.25, 0.3) is 0 Å². The summed E-state index contributed by atoms with van der Waals surface area (Å²) in [5.41, 5.74) is 0. The van der Waals surface area contributed by atoms with Crippen LogP contribution in [0.2, 0.25) is 0 Å². The first-order valence-electron chi connectivity index (χ1n) is 9.98. The zero-order valence-corrected chi connectivity index (χ0v) is 18.6. The summed E-state index contributed by atoms with van der Waals surface area (Å²) in [5.74, 6) is 2.14. The largest absolute Gasteiger partial charge is 0.357 e. The van der Waals surface area contributed by atoms with Crippen LogP contribution in [-0.4, -0.2) is 48.5 Å². The zero-order valence-electron chi connectivity index (χ0n) is 16.2. The molecular formula is C19H37IN4O. The summed E-state index contributed by atoms with van der Waals surface area (Å²) >= 11 is 0. The maximum Gasteiger partial charge on any atom is 0.222 e. The molecule has 0 aromatic heterocycles. The van der Waals surface area contributed by atoms with Crippen molar-refractivity contribution in [3.63, 3.8) is 0 Å². The van der Waals surface area contributed by atoms with Crippen LogP contribution in [0.5, 0.6) is 0 Å². The molecule has 2 N–H and O–H groups in total. The van der Waals surface area contributed by atoms with Crippen LogP contribution in [-0.2, 0) is 4.79 Å². The molecule has 2 rings (SSSR count). The van der Waals surface area contributed by atoms with Crippen molar-refractivity contribution in [2.45, 2.75) is 84.2 Å². The minimum Gasteiger partial charge on any atom is -0.357 e. The van der Waals surface area contributed by atoms with Crippen LogP contribution in [0.4, 0.5) is 0 Å². The van der Waals surface area contributed by atoms with Gasteiger partial charge in [-0.2, -0.15) is 0 Å². The molecule has 1 aliphatic heterocycles. The Labute approximate surface area is 170 Å². The molecular weight excluding hydrogens is 427 g/mol. The SMILES string of the molecule is CCNC(=NCCC(CC)N1CCCC1=O)NC1CCC(C)CC1.I. The van der Waals surface area contributed by atoms with Crippen molar-refractivity contribution in [3.8, 4) is 0 Å². The van der Waals surface area contributed by atoms with Crippen molar-refractivity contribution >= 4 is 35.8 Å². The second kappa shape index (κ2) is 12.0. The monoisotopic (exact) mass is 464 g/mol. The lowest BCUT2D eigenvalue weighted by atomic mass is 9.87. The standard InChI is InChI=1S/C19H36N4O.HI/c1-4-17(23-14-6-7-18(23)24)12-13-21-19(20-5-2)22-16-10-8-15(3)9-11-16;/h15-17H,4-14H2,1-3H3,(H2,20,21,22);1H. The van der Waals surface area contributed by atoms with Crippen molar-refractivity contribution in [3.05, 3.63) is 0 Å². The third-order valence-electron chi connectivity index (χ3n) is 5.46. The first-order valence-corrected chi connectivity index (χ1v) is 9.98. The Morgan fingerprint density at radius 2 is 2.00 bits per heavy atom. The highest BCUT2D eigenvalue weighted by molar-refractivity contribution is 14.0. The summed E-state index contributed by atoms with van der Waals surface area (Å²) in [5, 5.41) is 6.98. The number of likely N-dealkylation sites (tertiary alicyclic amines) is 1. The molecule has 0 aromatic carbocycles. The molecule has 1 aliphatic carbocycles. The fourth-order valence-electron chi connectivity index (χ4n) is 3.88. The third kappa shape index (κ3) is 7.31. The summed E-state index contributed by atoms with van der Waals surface area (Å²) in [6.45, 7) is 9.22. The summed E-state index contributed by atoms with van der Waals surface area (Å²) in [6.07, 6.45) is 8.83. The molecule has 1 saturated carbocycles. The number of guanidine groups is 1. The molecule has 1 heterocycles. The minimum atomic E-state index is 0. The second-order valence-electron chi connectivity index (χ2n) is 7.40. The van der Waals surface area contributed by atoms with Gasteiger partial charge >= 0.3 is 0 Å². The number of nitrogens with zero attached hydrogens (tertiary/aromatic N) is 2. The van der Waals surface area contributed by atoms with E-state index in [1.54, 1.807) is 0 Å². The van der Waals surface area contributed by atoms with Gasteiger partial charge in [0.1, 0.15) is 0 Å². The van der Waals surface area contributed by atoms with Gasteiger partial charge in [0.05, 0.1) is 0 Å². The highest BCUT2D eigenvalue weighted by atomic mass is 127. The van der Waals surface area contributed by atoms with Crippen molar-refractivity contribution in [2.75, 3.05) is 19.6 Å². The Morgan fingerprint density at radius 1 is 1.28 bits per heavy atom. The highest BCUT2D eigenvalue weighted by Crippen LogP contribution is 2.23. The molecule has 5 nitrogen and oxygen atoms in total. The van der Waals surface area contributed by atoms with Gasteiger partial charge in [0.25, 0.3) is 0 Å². The Morgan fingerprint density at radius 3 is 2.56 bits per heavy atom. The number of carbonyl (C=O) groups is 1. The van der Waals surface area contributed by atoms with Crippen LogP contribution < -0.4 is 10.6 Å². The predicted octanol–water partition coefficient (Wildman–Crippen LogP) is 3.53. The maximum absolute atomic E-state index is 11.9. The zero-order chi connectivity index (χ0) is 17.4. The molecule has 6 heteroatoms. The molecule has 2 fully saturated rings. The molecule has 1 saturated heterocycles. The van der Waals surface area contributed by atoms with Gasteiger partial charge in [-0.3, -0.25) is 9.79 Å². The average molecular weight is 464 g/mol. The van der Waals surface area contributed by atoms with Gasteiger partial charge in [-0.05, 0) is 57.8 Å². The van der Waals surface area contributed by atoms with E-state index >= 15 is 0 Å². The average Bonchev–Trinajstić information content (AvgIpc) is 3.00. The molecule has 1 unspecified atom stereocenters. The van der Waals surface area contributed by atoms with Crippen LogP contribution in [0.15, 0.2) is 4.99 Å². The molecule has 1 amide bonds. The smallest absolute Gasteiger partial charge is 0.222 e. The quantitative estimate of drug-likeness (QED) is 0.344.